The summed E-state index contributed by atoms with van der Waals surface area (Å²) in [6.07, 6.45) is 3.67. The molecule has 20 heavy (non-hydrogen) atoms. The molecule has 0 aromatic heterocycles. The Kier molecular flexibility index (Phi) is 3.90. The van der Waals surface area contributed by atoms with Crippen molar-refractivity contribution in [1.82, 2.24) is 10.2 Å². The molecule has 0 unspecified atom stereocenters. The van der Waals surface area contributed by atoms with Crippen LogP contribution in [0.1, 0.15) is 25.7 Å². The number of rotatable bonds is 4. The van der Waals surface area contributed by atoms with E-state index >= 15 is 0 Å². The Bertz CT molecular complexity index is 469. The van der Waals surface area contributed by atoms with Gasteiger partial charge < -0.3 is 15.0 Å². The summed E-state index contributed by atoms with van der Waals surface area (Å²) in [4.78, 5) is 14.3. The largest absolute Gasteiger partial charge is 0.381 e. The van der Waals surface area contributed by atoms with Crippen molar-refractivity contribution >= 4 is 15.9 Å². The maximum absolute atomic E-state index is 12.4. The van der Waals surface area contributed by atoms with Gasteiger partial charge in [0.1, 0.15) is 0 Å². The smallest absolute Gasteiger partial charge is 0.317 e. The standard InChI is InChI=1S/C13H22N2O4S/c16-13(14-11-4-6-20(17,18)9-11)15(12-1-2-12)7-10-3-5-19-8-10/h10-12H,1-9H2,(H,14,16)/t10-,11+/m1/s1. The highest BCUT2D eigenvalue weighted by molar-refractivity contribution is 7.91. The lowest BCUT2D eigenvalue weighted by Crippen LogP contribution is -2.48. The van der Waals surface area contributed by atoms with E-state index in [-0.39, 0.29) is 23.6 Å². The zero-order valence-corrected chi connectivity index (χ0v) is 12.4. The molecule has 0 bridgehead atoms. The minimum Gasteiger partial charge on any atom is -0.381 e. The molecule has 6 nitrogen and oxygen atoms in total. The number of sulfone groups is 1. The van der Waals surface area contributed by atoms with E-state index in [4.69, 9.17) is 4.74 Å². The van der Waals surface area contributed by atoms with Gasteiger partial charge in [0.2, 0.25) is 0 Å². The van der Waals surface area contributed by atoms with Crippen molar-refractivity contribution in [1.29, 1.82) is 0 Å². The van der Waals surface area contributed by atoms with Gasteiger partial charge in [-0.15, -0.1) is 0 Å². The molecule has 2 heterocycles. The third kappa shape index (κ3) is 3.44. The molecular weight excluding hydrogens is 280 g/mol. The van der Waals surface area contributed by atoms with Crippen molar-refractivity contribution in [2.75, 3.05) is 31.3 Å². The van der Waals surface area contributed by atoms with Crippen LogP contribution < -0.4 is 5.32 Å². The third-order valence-electron chi connectivity index (χ3n) is 4.29. The van der Waals surface area contributed by atoms with Gasteiger partial charge in [0.05, 0.1) is 18.1 Å². The highest BCUT2D eigenvalue weighted by atomic mass is 32.2. The second-order valence-electron chi connectivity index (χ2n) is 6.16. The van der Waals surface area contributed by atoms with Crippen LogP contribution in [0.2, 0.25) is 0 Å². The number of hydrogen-bond donors (Lipinski definition) is 1. The minimum atomic E-state index is -2.95. The maximum Gasteiger partial charge on any atom is 0.317 e. The minimum absolute atomic E-state index is 0.0871. The van der Waals surface area contributed by atoms with E-state index in [9.17, 15) is 13.2 Å². The van der Waals surface area contributed by atoms with Gasteiger partial charge in [-0.2, -0.15) is 0 Å². The van der Waals surface area contributed by atoms with Crippen molar-refractivity contribution < 1.29 is 17.9 Å². The third-order valence-corrected chi connectivity index (χ3v) is 6.06. The lowest BCUT2D eigenvalue weighted by Gasteiger charge is -2.26. The van der Waals surface area contributed by atoms with E-state index in [1.165, 1.54) is 0 Å². The number of nitrogens with one attached hydrogen (secondary N) is 1. The highest BCUT2D eigenvalue weighted by Gasteiger charge is 2.37. The number of nitrogens with zero attached hydrogens (tertiary/aromatic N) is 1. The summed E-state index contributed by atoms with van der Waals surface area (Å²) in [7, 11) is -2.95. The second kappa shape index (κ2) is 5.52. The van der Waals surface area contributed by atoms with Gasteiger partial charge in [-0.25, -0.2) is 13.2 Å². The first-order valence-corrected chi connectivity index (χ1v) is 9.21. The molecule has 0 spiro atoms. The Labute approximate surface area is 119 Å². The summed E-state index contributed by atoms with van der Waals surface area (Å²) in [5.74, 6) is 0.704. The monoisotopic (exact) mass is 302 g/mol. The molecule has 3 fully saturated rings. The fraction of sp³-hybridized carbons (Fsp3) is 0.923. The molecule has 2 amide bonds. The molecular formula is C13H22N2O4S. The maximum atomic E-state index is 12.4. The van der Waals surface area contributed by atoms with Gasteiger partial charge in [0, 0.05) is 31.2 Å². The van der Waals surface area contributed by atoms with Crippen LogP contribution in [-0.2, 0) is 14.6 Å². The van der Waals surface area contributed by atoms with Crippen molar-refractivity contribution in [2.45, 2.75) is 37.8 Å². The Morgan fingerprint density at radius 2 is 2.05 bits per heavy atom. The Morgan fingerprint density at radius 1 is 1.25 bits per heavy atom. The van der Waals surface area contributed by atoms with Gasteiger partial charge in [0.15, 0.2) is 9.84 Å². The van der Waals surface area contributed by atoms with E-state index in [0.717, 1.165) is 39.0 Å². The number of urea groups is 1. The summed E-state index contributed by atoms with van der Waals surface area (Å²) in [5.41, 5.74) is 0. The average Bonchev–Trinajstić information content (AvgIpc) is 2.98. The molecule has 1 aliphatic carbocycles. The molecule has 0 radical (unpaired) electrons. The van der Waals surface area contributed by atoms with E-state index < -0.39 is 9.84 Å². The lowest BCUT2D eigenvalue weighted by molar-refractivity contribution is 0.161. The van der Waals surface area contributed by atoms with Crippen LogP contribution in [0.4, 0.5) is 4.79 Å². The quantitative estimate of drug-likeness (QED) is 0.815. The van der Waals surface area contributed by atoms with Crippen molar-refractivity contribution in [2.24, 2.45) is 5.92 Å². The zero-order valence-electron chi connectivity index (χ0n) is 11.6. The summed E-state index contributed by atoms with van der Waals surface area (Å²) in [5, 5.41) is 2.90. The first-order valence-electron chi connectivity index (χ1n) is 7.39. The van der Waals surface area contributed by atoms with Crippen LogP contribution in [0, 0.1) is 5.92 Å². The first-order chi connectivity index (χ1) is 9.53. The number of ether oxygens (including phenoxy) is 1. The molecule has 1 saturated carbocycles. The van der Waals surface area contributed by atoms with Crippen LogP contribution in [0.5, 0.6) is 0 Å². The predicted octanol–water partition coefficient (Wildman–Crippen LogP) is 0.384. The Balaban J connectivity index is 1.55. The van der Waals surface area contributed by atoms with Gasteiger partial charge >= 0.3 is 6.03 Å². The molecule has 0 aromatic rings. The Hall–Kier alpha value is -0.820. The lowest BCUT2D eigenvalue weighted by atomic mass is 10.1. The van der Waals surface area contributed by atoms with Crippen LogP contribution in [0.3, 0.4) is 0 Å². The molecule has 0 aromatic carbocycles. The van der Waals surface area contributed by atoms with Gasteiger partial charge in [-0.1, -0.05) is 0 Å². The van der Waals surface area contributed by atoms with Crippen molar-refractivity contribution in [3.8, 4) is 0 Å². The number of carbonyl (C=O) groups is 1. The predicted molar refractivity (Wildman–Crippen MR) is 74.2 cm³/mol. The van der Waals surface area contributed by atoms with Gasteiger partial charge in [-0.05, 0) is 25.7 Å². The zero-order chi connectivity index (χ0) is 14.2. The topological polar surface area (TPSA) is 75.7 Å². The van der Waals surface area contributed by atoms with Crippen molar-refractivity contribution in [3.05, 3.63) is 0 Å². The van der Waals surface area contributed by atoms with E-state index in [2.05, 4.69) is 5.32 Å². The Morgan fingerprint density at radius 3 is 2.60 bits per heavy atom. The van der Waals surface area contributed by atoms with Crippen LogP contribution in [-0.4, -0.2) is 62.7 Å². The number of hydrogen-bond acceptors (Lipinski definition) is 4. The van der Waals surface area contributed by atoms with Crippen molar-refractivity contribution in [3.63, 3.8) is 0 Å². The fourth-order valence-electron chi connectivity index (χ4n) is 2.96. The molecule has 7 heteroatoms. The van der Waals surface area contributed by atoms with Gasteiger partial charge in [-0.3, -0.25) is 0 Å². The first kappa shape index (κ1) is 14.1. The number of carbonyl (C=O) groups excluding carboxylic acids is 1. The number of amides is 2. The SMILES string of the molecule is O=C(N[C@H]1CCS(=O)(=O)C1)N(C[C@H]1CCOC1)C1CC1. The molecule has 1 N–H and O–H groups in total. The summed E-state index contributed by atoms with van der Waals surface area (Å²) in [6.45, 7) is 2.25. The van der Waals surface area contributed by atoms with E-state index in [0.29, 0.717) is 18.4 Å². The average molecular weight is 302 g/mol. The highest BCUT2D eigenvalue weighted by Crippen LogP contribution is 2.29. The molecule has 3 rings (SSSR count). The summed E-state index contributed by atoms with van der Waals surface area (Å²) in [6, 6.07) is 0.0312. The second-order valence-corrected chi connectivity index (χ2v) is 8.39. The van der Waals surface area contributed by atoms with Crippen LogP contribution >= 0.6 is 0 Å². The molecule has 2 atom stereocenters. The van der Waals surface area contributed by atoms with E-state index in [1.807, 2.05) is 4.90 Å². The van der Waals surface area contributed by atoms with E-state index in [1.54, 1.807) is 0 Å². The molecule has 2 saturated heterocycles. The summed E-state index contributed by atoms with van der Waals surface area (Å²) >= 11 is 0. The van der Waals surface area contributed by atoms with Crippen LogP contribution in [0.25, 0.3) is 0 Å². The summed E-state index contributed by atoms with van der Waals surface area (Å²) < 4.78 is 28.2. The molecule has 3 aliphatic rings. The van der Waals surface area contributed by atoms with Gasteiger partial charge in [0.25, 0.3) is 0 Å². The normalized spacial score (nSPS) is 32.2. The fourth-order valence-corrected chi connectivity index (χ4v) is 4.63. The van der Waals surface area contributed by atoms with Crippen LogP contribution in [0.15, 0.2) is 0 Å². The molecule has 2 aliphatic heterocycles. The molecule has 114 valence electrons.